The SMILES string of the molecule is CN(C(=O)O)[C@@H]1c2ccccc2C[C@H]1NC(=O)c1cc2sc(Cl)c(Cl)c2[nH]1. The standard InChI is InChI=1S/C18H15Cl2N3O3S/c1-23(18(25)26)15-9-5-3-2-4-8(9)6-10(15)22-17(24)11-7-12-14(21-11)13(19)16(20)27-12/h2-5,7,10,15,21H,6H2,1H3,(H,22,24)(H,25,26)/t10-,15-/m1/s1. The number of carboxylic acid groups (broad SMARTS) is 1. The largest absolute Gasteiger partial charge is 0.465 e. The molecule has 0 saturated heterocycles. The fourth-order valence-electron chi connectivity index (χ4n) is 3.59. The van der Waals surface area contributed by atoms with Gasteiger partial charge in [-0.1, -0.05) is 47.5 Å². The summed E-state index contributed by atoms with van der Waals surface area (Å²) < 4.78 is 1.27. The number of thiophene rings is 1. The van der Waals surface area contributed by atoms with Crippen LogP contribution >= 0.6 is 34.5 Å². The third-order valence-corrected chi connectivity index (χ3v) is 6.78. The minimum absolute atomic E-state index is 0.313. The van der Waals surface area contributed by atoms with E-state index in [4.69, 9.17) is 23.2 Å². The van der Waals surface area contributed by atoms with Crippen molar-refractivity contribution in [2.75, 3.05) is 7.05 Å². The predicted octanol–water partition coefficient (Wildman–Crippen LogP) is 4.54. The van der Waals surface area contributed by atoms with Gasteiger partial charge in [0, 0.05) is 7.05 Å². The molecule has 4 rings (SSSR count). The topological polar surface area (TPSA) is 85.4 Å². The number of hydrogen-bond acceptors (Lipinski definition) is 3. The van der Waals surface area contributed by atoms with Crippen LogP contribution in [-0.2, 0) is 6.42 Å². The number of carbonyl (C=O) groups excluding carboxylic acids is 1. The Hall–Kier alpha value is -2.22. The Labute approximate surface area is 168 Å². The van der Waals surface area contributed by atoms with Crippen molar-refractivity contribution in [2.45, 2.75) is 18.5 Å². The molecule has 2 amide bonds. The van der Waals surface area contributed by atoms with Crippen LogP contribution in [0.15, 0.2) is 30.3 Å². The molecule has 0 unspecified atom stereocenters. The van der Waals surface area contributed by atoms with Gasteiger partial charge in [-0.15, -0.1) is 11.3 Å². The first-order valence-electron chi connectivity index (χ1n) is 8.17. The summed E-state index contributed by atoms with van der Waals surface area (Å²) in [7, 11) is 1.51. The van der Waals surface area contributed by atoms with Gasteiger partial charge in [-0.3, -0.25) is 4.79 Å². The number of H-pyrrole nitrogens is 1. The Morgan fingerprint density at radius 3 is 2.78 bits per heavy atom. The van der Waals surface area contributed by atoms with Crippen LogP contribution in [-0.4, -0.2) is 40.1 Å². The summed E-state index contributed by atoms with van der Waals surface area (Å²) in [5, 5.41) is 12.8. The number of rotatable bonds is 3. The molecule has 0 aliphatic heterocycles. The number of amides is 2. The number of likely N-dealkylation sites (N-methyl/N-ethyl adjacent to an activating group) is 1. The van der Waals surface area contributed by atoms with Crippen molar-refractivity contribution in [2.24, 2.45) is 0 Å². The number of fused-ring (bicyclic) bond motifs is 2. The fourth-order valence-corrected chi connectivity index (χ4v) is 5.07. The van der Waals surface area contributed by atoms with E-state index in [0.29, 0.717) is 27.0 Å². The molecule has 0 fully saturated rings. The lowest BCUT2D eigenvalue weighted by molar-refractivity contribution is 0.0891. The molecule has 2 atom stereocenters. The number of aromatic nitrogens is 1. The van der Waals surface area contributed by atoms with Gasteiger partial charge in [-0.2, -0.15) is 0 Å². The van der Waals surface area contributed by atoms with Gasteiger partial charge in [0.15, 0.2) is 0 Å². The van der Waals surface area contributed by atoms with Crippen molar-refractivity contribution in [3.63, 3.8) is 0 Å². The minimum atomic E-state index is -1.04. The van der Waals surface area contributed by atoms with E-state index < -0.39 is 12.1 Å². The number of hydrogen-bond donors (Lipinski definition) is 3. The van der Waals surface area contributed by atoms with Gasteiger partial charge < -0.3 is 20.3 Å². The first-order valence-corrected chi connectivity index (χ1v) is 9.75. The predicted molar refractivity (Wildman–Crippen MR) is 106 cm³/mol. The average Bonchev–Trinajstić information content (AvgIpc) is 3.27. The van der Waals surface area contributed by atoms with E-state index in [1.54, 1.807) is 6.07 Å². The molecule has 6 nitrogen and oxygen atoms in total. The van der Waals surface area contributed by atoms with Gasteiger partial charge in [0.1, 0.15) is 10.0 Å². The maximum Gasteiger partial charge on any atom is 0.407 e. The molecule has 27 heavy (non-hydrogen) atoms. The van der Waals surface area contributed by atoms with Crippen LogP contribution in [0.25, 0.3) is 10.2 Å². The van der Waals surface area contributed by atoms with Crippen LogP contribution in [0.5, 0.6) is 0 Å². The highest BCUT2D eigenvalue weighted by Gasteiger charge is 2.38. The van der Waals surface area contributed by atoms with Crippen LogP contribution in [0, 0.1) is 0 Å². The number of aromatic amines is 1. The molecule has 3 N–H and O–H groups in total. The maximum absolute atomic E-state index is 12.8. The summed E-state index contributed by atoms with van der Waals surface area (Å²) in [6.07, 6.45) is -0.482. The van der Waals surface area contributed by atoms with Gasteiger partial charge in [0.05, 0.1) is 27.3 Å². The molecule has 140 valence electrons. The second kappa shape index (κ2) is 6.74. The zero-order valence-corrected chi connectivity index (χ0v) is 16.5. The Kier molecular flexibility index (Phi) is 4.53. The Morgan fingerprint density at radius 1 is 1.33 bits per heavy atom. The smallest absolute Gasteiger partial charge is 0.407 e. The quantitative estimate of drug-likeness (QED) is 0.577. The van der Waals surface area contributed by atoms with E-state index >= 15 is 0 Å². The highest BCUT2D eigenvalue weighted by molar-refractivity contribution is 7.23. The molecule has 2 heterocycles. The summed E-state index contributed by atoms with van der Waals surface area (Å²) in [5.41, 5.74) is 2.94. The number of halogens is 2. The van der Waals surface area contributed by atoms with Gasteiger partial charge in [0.2, 0.25) is 0 Å². The third-order valence-electron chi connectivity index (χ3n) is 4.85. The van der Waals surface area contributed by atoms with Gasteiger partial charge in [-0.25, -0.2) is 4.79 Å². The molecule has 3 aromatic rings. The van der Waals surface area contributed by atoms with Crippen LogP contribution in [0.2, 0.25) is 9.36 Å². The monoisotopic (exact) mass is 423 g/mol. The highest BCUT2D eigenvalue weighted by Crippen LogP contribution is 2.39. The van der Waals surface area contributed by atoms with E-state index in [1.807, 2.05) is 24.3 Å². The Balaban J connectivity index is 1.61. The molecule has 0 saturated carbocycles. The second-order valence-electron chi connectivity index (χ2n) is 6.43. The van der Waals surface area contributed by atoms with Crippen LogP contribution < -0.4 is 5.32 Å². The van der Waals surface area contributed by atoms with E-state index in [0.717, 1.165) is 15.8 Å². The average molecular weight is 424 g/mol. The number of carbonyl (C=O) groups is 2. The Bertz CT molecular complexity index is 1060. The lowest BCUT2D eigenvalue weighted by atomic mass is 10.1. The maximum atomic E-state index is 12.8. The second-order valence-corrected chi connectivity index (χ2v) is 8.47. The lowest BCUT2D eigenvalue weighted by Crippen LogP contribution is -2.44. The first kappa shape index (κ1) is 18.2. The summed E-state index contributed by atoms with van der Waals surface area (Å²) in [6.45, 7) is 0. The first-order chi connectivity index (χ1) is 12.9. The summed E-state index contributed by atoms with van der Waals surface area (Å²) >= 11 is 13.4. The number of benzene rings is 1. The van der Waals surface area contributed by atoms with Crippen molar-refractivity contribution in [1.82, 2.24) is 15.2 Å². The molecule has 1 aliphatic carbocycles. The van der Waals surface area contributed by atoms with Crippen molar-refractivity contribution < 1.29 is 14.7 Å². The number of nitrogens with one attached hydrogen (secondary N) is 2. The van der Waals surface area contributed by atoms with Crippen molar-refractivity contribution in [3.05, 3.63) is 56.5 Å². The molecule has 2 aromatic heterocycles. The molecule has 9 heteroatoms. The summed E-state index contributed by atoms with van der Waals surface area (Å²) in [6, 6.07) is 8.52. The van der Waals surface area contributed by atoms with E-state index in [2.05, 4.69) is 10.3 Å². The van der Waals surface area contributed by atoms with Gasteiger partial charge >= 0.3 is 6.09 Å². The molecule has 0 radical (unpaired) electrons. The molecule has 0 bridgehead atoms. The lowest BCUT2D eigenvalue weighted by Gasteiger charge is -2.28. The normalized spacial score (nSPS) is 18.5. The summed E-state index contributed by atoms with van der Waals surface area (Å²) in [4.78, 5) is 28.5. The zero-order valence-electron chi connectivity index (χ0n) is 14.1. The van der Waals surface area contributed by atoms with E-state index in [9.17, 15) is 14.7 Å². The van der Waals surface area contributed by atoms with Crippen molar-refractivity contribution in [3.8, 4) is 0 Å². The van der Waals surface area contributed by atoms with Crippen molar-refractivity contribution in [1.29, 1.82) is 0 Å². The van der Waals surface area contributed by atoms with E-state index in [1.165, 1.54) is 23.3 Å². The minimum Gasteiger partial charge on any atom is -0.465 e. The van der Waals surface area contributed by atoms with Crippen LogP contribution in [0.1, 0.15) is 27.7 Å². The molecular formula is C18H15Cl2N3O3S. The fraction of sp³-hybridized carbons (Fsp3) is 0.222. The highest BCUT2D eigenvalue weighted by atomic mass is 35.5. The van der Waals surface area contributed by atoms with Crippen LogP contribution in [0.4, 0.5) is 4.79 Å². The van der Waals surface area contributed by atoms with Gasteiger partial charge in [-0.05, 0) is 23.6 Å². The van der Waals surface area contributed by atoms with Crippen molar-refractivity contribution >= 4 is 56.8 Å². The van der Waals surface area contributed by atoms with E-state index in [-0.39, 0.29) is 11.9 Å². The molecule has 1 aromatic carbocycles. The van der Waals surface area contributed by atoms with Crippen LogP contribution in [0.3, 0.4) is 0 Å². The molecule has 0 spiro atoms. The third kappa shape index (κ3) is 3.05. The zero-order chi connectivity index (χ0) is 19.3. The van der Waals surface area contributed by atoms with Gasteiger partial charge in [0.25, 0.3) is 5.91 Å². The Morgan fingerprint density at radius 2 is 2.07 bits per heavy atom. The molecular weight excluding hydrogens is 409 g/mol. The molecule has 1 aliphatic rings. The summed E-state index contributed by atoms with van der Waals surface area (Å²) in [5.74, 6) is -0.313. The number of nitrogens with zero attached hydrogens (tertiary/aromatic N) is 1.